The van der Waals surface area contributed by atoms with Crippen LogP contribution in [0.3, 0.4) is 0 Å². The van der Waals surface area contributed by atoms with Crippen LogP contribution < -0.4 is 5.32 Å². The Morgan fingerprint density at radius 1 is 1.47 bits per heavy atom. The van der Waals surface area contributed by atoms with Crippen molar-refractivity contribution in [1.82, 2.24) is 10.2 Å². The number of rotatable bonds is 9. The van der Waals surface area contributed by atoms with Gasteiger partial charge in [0.2, 0.25) is 0 Å². The van der Waals surface area contributed by atoms with Gasteiger partial charge in [0, 0.05) is 20.2 Å². The quantitative estimate of drug-likeness (QED) is 0.646. The van der Waals surface area contributed by atoms with Crippen molar-refractivity contribution in [3.8, 4) is 6.07 Å². The number of nitrogens with one attached hydrogen (secondary N) is 1. The lowest BCUT2D eigenvalue weighted by atomic mass is 10.2. The molecule has 1 atom stereocenters. The molecule has 0 aromatic carbocycles. The summed E-state index contributed by atoms with van der Waals surface area (Å²) in [5, 5.41) is 20.0. The molecule has 0 radical (unpaired) electrons. The predicted octanol–water partition coefficient (Wildman–Crippen LogP) is 0.811. The molecule has 0 unspecified atom stereocenters. The van der Waals surface area contributed by atoms with Gasteiger partial charge in [0.05, 0.1) is 19.1 Å². The van der Waals surface area contributed by atoms with Crippen molar-refractivity contribution in [2.75, 3.05) is 26.8 Å². The van der Waals surface area contributed by atoms with E-state index in [1.807, 2.05) is 13.0 Å². The molecule has 0 rings (SSSR count). The van der Waals surface area contributed by atoms with E-state index in [-0.39, 0.29) is 13.0 Å². The number of carbonyl (C=O) groups excluding carboxylic acids is 1. The Hall–Kier alpha value is -1.81. The molecule has 0 fully saturated rings. The highest BCUT2D eigenvalue weighted by Gasteiger charge is 2.22. The average Bonchev–Trinajstić information content (AvgIpc) is 2.38. The number of urea groups is 1. The summed E-state index contributed by atoms with van der Waals surface area (Å²) in [6, 6.07) is 0.575. The van der Waals surface area contributed by atoms with E-state index in [4.69, 9.17) is 15.1 Å². The summed E-state index contributed by atoms with van der Waals surface area (Å²) < 4.78 is 4.88. The van der Waals surface area contributed by atoms with Crippen LogP contribution in [0, 0.1) is 11.3 Å². The van der Waals surface area contributed by atoms with Crippen LogP contribution in [0.4, 0.5) is 4.79 Å². The molecule has 19 heavy (non-hydrogen) atoms. The molecular weight excluding hydrogens is 250 g/mol. The lowest BCUT2D eigenvalue weighted by molar-refractivity contribution is -0.139. The van der Waals surface area contributed by atoms with Gasteiger partial charge in [-0.15, -0.1) is 0 Å². The van der Waals surface area contributed by atoms with E-state index in [0.717, 1.165) is 0 Å². The first-order chi connectivity index (χ1) is 9.06. The summed E-state index contributed by atoms with van der Waals surface area (Å²) in [5.74, 6) is -1.05. The molecule has 0 bridgehead atoms. The number of carbonyl (C=O) groups is 2. The molecule has 108 valence electrons. The summed E-state index contributed by atoms with van der Waals surface area (Å²) in [7, 11) is 1.51. The second-order valence-corrected chi connectivity index (χ2v) is 4.02. The van der Waals surface area contributed by atoms with E-state index in [9.17, 15) is 9.59 Å². The number of amides is 2. The van der Waals surface area contributed by atoms with Crippen molar-refractivity contribution >= 4 is 12.0 Å². The van der Waals surface area contributed by atoms with Crippen LogP contribution in [0.2, 0.25) is 0 Å². The number of methoxy groups -OCH3 is 1. The van der Waals surface area contributed by atoms with E-state index in [0.29, 0.717) is 26.0 Å². The van der Waals surface area contributed by atoms with Crippen molar-refractivity contribution < 1.29 is 19.4 Å². The van der Waals surface area contributed by atoms with Crippen LogP contribution in [0.1, 0.15) is 26.2 Å². The third kappa shape index (κ3) is 7.26. The molecule has 0 saturated heterocycles. The van der Waals surface area contributed by atoms with Crippen LogP contribution in [0.25, 0.3) is 0 Å². The highest BCUT2D eigenvalue weighted by molar-refractivity contribution is 5.82. The highest BCUT2D eigenvalue weighted by atomic mass is 16.5. The summed E-state index contributed by atoms with van der Waals surface area (Å²) >= 11 is 0. The van der Waals surface area contributed by atoms with Gasteiger partial charge in [0.25, 0.3) is 0 Å². The average molecular weight is 271 g/mol. The first-order valence-corrected chi connectivity index (χ1v) is 6.20. The second kappa shape index (κ2) is 10.1. The number of carboxylic acids is 1. The van der Waals surface area contributed by atoms with E-state index in [1.54, 1.807) is 0 Å². The molecule has 0 heterocycles. The van der Waals surface area contributed by atoms with Gasteiger partial charge in [0.15, 0.2) is 0 Å². The Morgan fingerprint density at radius 2 is 2.16 bits per heavy atom. The maximum atomic E-state index is 11.9. The zero-order chi connectivity index (χ0) is 14.7. The van der Waals surface area contributed by atoms with Gasteiger partial charge in [0.1, 0.15) is 6.04 Å². The van der Waals surface area contributed by atoms with Gasteiger partial charge in [-0.3, -0.25) is 0 Å². The normalized spacial score (nSPS) is 11.4. The Balaban J connectivity index is 4.50. The minimum atomic E-state index is -1.05. The first-order valence-electron chi connectivity index (χ1n) is 6.20. The number of nitriles is 1. The zero-order valence-corrected chi connectivity index (χ0v) is 11.4. The lowest BCUT2D eigenvalue weighted by Gasteiger charge is -2.24. The molecule has 0 aliphatic carbocycles. The van der Waals surface area contributed by atoms with E-state index >= 15 is 0 Å². The Bertz CT molecular complexity index is 327. The molecule has 7 nitrogen and oxygen atoms in total. The minimum absolute atomic E-state index is 0.197. The molecule has 0 aromatic rings. The van der Waals surface area contributed by atoms with Crippen LogP contribution in [0.5, 0.6) is 0 Å². The fourth-order valence-corrected chi connectivity index (χ4v) is 1.49. The minimum Gasteiger partial charge on any atom is -0.480 e. The topological polar surface area (TPSA) is 103 Å². The number of hydrogen-bond acceptors (Lipinski definition) is 4. The summed E-state index contributed by atoms with van der Waals surface area (Å²) in [4.78, 5) is 24.3. The van der Waals surface area contributed by atoms with Gasteiger partial charge < -0.3 is 20.1 Å². The van der Waals surface area contributed by atoms with Gasteiger partial charge >= 0.3 is 12.0 Å². The molecule has 0 spiro atoms. The zero-order valence-electron chi connectivity index (χ0n) is 11.4. The molecule has 7 heteroatoms. The van der Waals surface area contributed by atoms with Crippen molar-refractivity contribution in [3.05, 3.63) is 0 Å². The maximum absolute atomic E-state index is 11.9. The predicted molar refractivity (Wildman–Crippen MR) is 68.5 cm³/mol. The standard InChI is InChI=1S/C12H21N3O4/c1-3-5-10(11(16)17)14-12(18)15(7-4-6-13)8-9-19-2/h10H,3-5,7-9H2,1-2H3,(H,14,18)(H,16,17)/t10-/m1/s1. The van der Waals surface area contributed by atoms with Crippen LogP contribution in [-0.2, 0) is 9.53 Å². The maximum Gasteiger partial charge on any atom is 0.326 e. The monoisotopic (exact) mass is 271 g/mol. The van der Waals surface area contributed by atoms with Crippen LogP contribution in [-0.4, -0.2) is 54.9 Å². The number of nitrogens with zero attached hydrogens (tertiary/aromatic N) is 2. The van der Waals surface area contributed by atoms with Crippen molar-refractivity contribution in [2.24, 2.45) is 0 Å². The molecule has 2 amide bonds. The summed E-state index contributed by atoms with van der Waals surface area (Å²) in [6.45, 7) is 2.76. The number of aliphatic carboxylic acids is 1. The van der Waals surface area contributed by atoms with Crippen LogP contribution >= 0.6 is 0 Å². The van der Waals surface area contributed by atoms with Crippen molar-refractivity contribution in [1.29, 1.82) is 5.26 Å². The SMILES string of the molecule is CCC[C@@H](NC(=O)N(CCC#N)CCOC)C(=O)O. The molecule has 0 aromatic heterocycles. The van der Waals surface area contributed by atoms with E-state index in [2.05, 4.69) is 5.32 Å². The fraction of sp³-hybridized carbons (Fsp3) is 0.750. The van der Waals surface area contributed by atoms with Crippen molar-refractivity contribution in [2.45, 2.75) is 32.2 Å². The third-order valence-electron chi connectivity index (χ3n) is 2.52. The molecule has 0 aliphatic rings. The van der Waals surface area contributed by atoms with Gasteiger partial charge in [-0.25, -0.2) is 9.59 Å². The first kappa shape index (κ1) is 17.2. The molecule has 0 aliphatic heterocycles. The highest BCUT2D eigenvalue weighted by Crippen LogP contribution is 2.00. The molecule has 2 N–H and O–H groups in total. The Morgan fingerprint density at radius 3 is 2.63 bits per heavy atom. The Kier molecular flexibility index (Phi) is 9.18. The third-order valence-corrected chi connectivity index (χ3v) is 2.52. The number of carboxylic acid groups (broad SMARTS) is 1. The lowest BCUT2D eigenvalue weighted by Crippen LogP contribution is -2.49. The van der Waals surface area contributed by atoms with E-state index < -0.39 is 18.0 Å². The van der Waals surface area contributed by atoms with Crippen LogP contribution in [0.15, 0.2) is 0 Å². The van der Waals surface area contributed by atoms with E-state index in [1.165, 1.54) is 12.0 Å². The Labute approximate surface area is 113 Å². The van der Waals surface area contributed by atoms with Crippen molar-refractivity contribution in [3.63, 3.8) is 0 Å². The largest absolute Gasteiger partial charge is 0.480 e. The summed E-state index contributed by atoms with van der Waals surface area (Å²) in [5.41, 5.74) is 0. The van der Waals surface area contributed by atoms with Gasteiger partial charge in [-0.1, -0.05) is 13.3 Å². The van der Waals surface area contributed by atoms with Gasteiger partial charge in [-0.2, -0.15) is 5.26 Å². The number of hydrogen-bond donors (Lipinski definition) is 2. The smallest absolute Gasteiger partial charge is 0.326 e. The fourth-order valence-electron chi connectivity index (χ4n) is 1.49. The van der Waals surface area contributed by atoms with Gasteiger partial charge in [-0.05, 0) is 6.42 Å². The summed E-state index contributed by atoms with van der Waals surface area (Å²) in [6.07, 6.45) is 1.23. The molecule has 0 saturated carbocycles. The molecular formula is C12H21N3O4. The number of ether oxygens (including phenoxy) is 1. The second-order valence-electron chi connectivity index (χ2n) is 4.02.